The summed E-state index contributed by atoms with van der Waals surface area (Å²) in [6, 6.07) is 13.3. The number of hydrogen-bond acceptors (Lipinski definition) is 2. The molecule has 0 spiro atoms. The highest BCUT2D eigenvalue weighted by Gasteiger charge is 2.23. The Hall–Kier alpha value is -2.33. The van der Waals surface area contributed by atoms with Crippen LogP contribution in [0.15, 0.2) is 42.5 Å². The third kappa shape index (κ3) is 4.83. The van der Waals surface area contributed by atoms with E-state index in [0.717, 1.165) is 6.42 Å². The molecule has 4 heteroatoms. The van der Waals surface area contributed by atoms with Gasteiger partial charge in [0.15, 0.2) is 0 Å². The number of anilines is 1. The van der Waals surface area contributed by atoms with Gasteiger partial charge in [-0.2, -0.15) is 0 Å². The Morgan fingerprint density at radius 3 is 2.54 bits per heavy atom. The summed E-state index contributed by atoms with van der Waals surface area (Å²) in [5, 5.41) is 19.5. The molecule has 24 heavy (non-hydrogen) atoms. The van der Waals surface area contributed by atoms with Crippen LogP contribution >= 0.6 is 0 Å². The summed E-state index contributed by atoms with van der Waals surface area (Å²) in [7, 11) is 0. The monoisotopic (exact) mass is 327 g/mol. The van der Waals surface area contributed by atoms with Crippen LogP contribution < -0.4 is 5.32 Å². The molecule has 1 unspecified atom stereocenters. The van der Waals surface area contributed by atoms with Crippen molar-refractivity contribution in [1.29, 1.82) is 0 Å². The van der Waals surface area contributed by atoms with Gasteiger partial charge >= 0.3 is 6.09 Å². The van der Waals surface area contributed by atoms with Gasteiger partial charge in [0.05, 0.1) is 0 Å². The molecule has 1 atom stereocenters. The fourth-order valence-corrected chi connectivity index (χ4v) is 3.31. The molecule has 1 amide bonds. The topological polar surface area (TPSA) is 69.6 Å². The Bertz CT molecular complexity index is 683. The van der Waals surface area contributed by atoms with Crippen LogP contribution in [0.3, 0.4) is 0 Å². The number of aryl methyl sites for hydroxylation is 2. The fourth-order valence-electron chi connectivity index (χ4n) is 3.31. The first-order valence-electron chi connectivity index (χ1n) is 8.27. The minimum atomic E-state index is -1.04. The lowest BCUT2D eigenvalue weighted by Gasteiger charge is -2.11. The molecule has 0 aromatic heterocycles. The summed E-state index contributed by atoms with van der Waals surface area (Å²) in [5.74, 6) is 0.605. The third-order valence-electron chi connectivity index (χ3n) is 4.34. The number of amides is 1. The summed E-state index contributed by atoms with van der Waals surface area (Å²) in [5.41, 5.74) is 6.41. The smallest absolute Gasteiger partial charge is 0.409 e. The van der Waals surface area contributed by atoms with Crippen LogP contribution in [0, 0.1) is 13.8 Å². The van der Waals surface area contributed by atoms with Crippen molar-refractivity contribution >= 4 is 11.8 Å². The van der Waals surface area contributed by atoms with Crippen LogP contribution in [0.2, 0.25) is 0 Å². The van der Waals surface area contributed by atoms with Crippen LogP contribution in [-0.4, -0.2) is 22.9 Å². The van der Waals surface area contributed by atoms with Gasteiger partial charge in [-0.25, -0.2) is 4.79 Å². The first-order chi connectivity index (χ1) is 11.5. The molecule has 0 bridgehead atoms. The Labute approximate surface area is 143 Å². The van der Waals surface area contributed by atoms with Crippen molar-refractivity contribution < 1.29 is 15.0 Å². The zero-order chi connectivity index (χ0) is 17.5. The van der Waals surface area contributed by atoms with Gasteiger partial charge in [-0.15, -0.1) is 0 Å². The van der Waals surface area contributed by atoms with E-state index in [-0.39, 0.29) is 0 Å². The number of rotatable bonds is 3. The van der Waals surface area contributed by atoms with Crippen molar-refractivity contribution in [2.24, 2.45) is 0 Å². The molecule has 0 radical (unpaired) electrons. The lowest BCUT2D eigenvalue weighted by Crippen LogP contribution is -2.06. The SMILES string of the molecule is Cc1cc(C)c2c(c1)C(CCO)CC2.O=C(O)Nc1ccccc1. The number of hydrogen-bond donors (Lipinski definition) is 3. The van der Waals surface area contributed by atoms with E-state index in [1.165, 1.54) is 35.1 Å². The molecule has 1 aliphatic carbocycles. The molecule has 0 saturated carbocycles. The standard InChI is InChI=1S/C13H18O.C7H7NO2/c1-9-7-10(2)12-4-3-11(5-6-14)13(12)8-9;9-7(10)8-6-4-2-1-3-5-6/h7-8,11,14H,3-6H2,1-2H3;1-5,8H,(H,9,10). The van der Waals surface area contributed by atoms with Crippen LogP contribution in [0.25, 0.3) is 0 Å². The predicted octanol–water partition coefficient (Wildman–Crippen LogP) is 4.49. The van der Waals surface area contributed by atoms with Gasteiger partial charge < -0.3 is 10.2 Å². The zero-order valence-electron chi connectivity index (χ0n) is 14.2. The lowest BCUT2D eigenvalue weighted by atomic mass is 9.95. The third-order valence-corrected chi connectivity index (χ3v) is 4.34. The molecule has 3 N–H and O–H groups in total. The number of carbonyl (C=O) groups is 1. The molecule has 1 aliphatic rings. The van der Waals surface area contributed by atoms with E-state index in [4.69, 9.17) is 10.2 Å². The fraction of sp³-hybridized carbons (Fsp3) is 0.350. The molecule has 0 fully saturated rings. The number of carboxylic acid groups (broad SMARTS) is 1. The average molecular weight is 327 g/mol. The Kier molecular flexibility index (Phi) is 6.38. The van der Waals surface area contributed by atoms with Crippen LogP contribution in [0.5, 0.6) is 0 Å². The average Bonchev–Trinajstić information content (AvgIpc) is 2.92. The van der Waals surface area contributed by atoms with Crippen molar-refractivity contribution in [2.45, 2.75) is 39.0 Å². The molecular formula is C20H25NO3. The van der Waals surface area contributed by atoms with Crippen molar-refractivity contribution in [3.63, 3.8) is 0 Å². The second kappa shape index (κ2) is 8.50. The first kappa shape index (κ1) is 18.0. The van der Waals surface area contributed by atoms with E-state index < -0.39 is 6.09 Å². The quantitative estimate of drug-likeness (QED) is 0.778. The minimum Gasteiger partial charge on any atom is -0.465 e. The second-order valence-electron chi connectivity index (χ2n) is 6.19. The molecule has 2 aromatic carbocycles. The number of para-hydroxylation sites is 1. The van der Waals surface area contributed by atoms with E-state index >= 15 is 0 Å². The summed E-state index contributed by atoms with van der Waals surface area (Å²) in [4.78, 5) is 10.1. The summed E-state index contributed by atoms with van der Waals surface area (Å²) < 4.78 is 0. The highest BCUT2D eigenvalue weighted by atomic mass is 16.4. The highest BCUT2D eigenvalue weighted by molar-refractivity contribution is 5.82. The summed E-state index contributed by atoms with van der Waals surface area (Å²) >= 11 is 0. The van der Waals surface area contributed by atoms with E-state index in [2.05, 4.69) is 31.3 Å². The molecular weight excluding hydrogens is 302 g/mol. The molecule has 4 nitrogen and oxygen atoms in total. The van der Waals surface area contributed by atoms with Gasteiger partial charge in [-0.3, -0.25) is 5.32 Å². The number of aliphatic hydroxyl groups excluding tert-OH is 1. The molecule has 2 aromatic rings. The van der Waals surface area contributed by atoms with Gasteiger partial charge in [0.1, 0.15) is 0 Å². The first-order valence-corrected chi connectivity index (χ1v) is 8.27. The molecule has 3 rings (SSSR count). The van der Waals surface area contributed by atoms with Gasteiger partial charge in [0.2, 0.25) is 0 Å². The van der Waals surface area contributed by atoms with Crippen LogP contribution in [-0.2, 0) is 6.42 Å². The van der Waals surface area contributed by atoms with E-state index in [9.17, 15) is 4.79 Å². The number of aliphatic hydroxyl groups is 1. The molecule has 0 aliphatic heterocycles. The molecule has 0 saturated heterocycles. The van der Waals surface area contributed by atoms with E-state index in [0.29, 0.717) is 18.2 Å². The normalized spacial score (nSPS) is 15.2. The summed E-state index contributed by atoms with van der Waals surface area (Å²) in [6.07, 6.45) is 2.31. The van der Waals surface area contributed by atoms with E-state index in [1.807, 2.05) is 6.07 Å². The maximum atomic E-state index is 10.1. The maximum absolute atomic E-state index is 10.1. The van der Waals surface area contributed by atoms with Gasteiger partial charge in [0.25, 0.3) is 0 Å². The Balaban J connectivity index is 0.000000185. The Morgan fingerprint density at radius 2 is 1.92 bits per heavy atom. The largest absolute Gasteiger partial charge is 0.465 e. The molecule has 128 valence electrons. The second-order valence-corrected chi connectivity index (χ2v) is 6.19. The van der Waals surface area contributed by atoms with Crippen LogP contribution in [0.1, 0.15) is 41.0 Å². The van der Waals surface area contributed by atoms with Crippen LogP contribution in [0.4, 0.5) is 10.5 Å². The van der Waals surface area contributed by atoms with Crippen molar-refractivity contribution in [3.05, 3.63) is 64.7 Å². The van der Waals surface area contributed by atoms with Crippen molar-refractivity contribution in [1.82, 2.24) is 0 Å². The van der Waals surface area contributed by atoms with Crippen molar-refractivity contribution in [3.8, 4) is 0 Å². The van der Waals surface area contributed by atoms with Gasteiger partial charge in [-0.05, 0) is 67.9 Å². The predicted molar refractivity (Wildman–Crippen MR) is 96.8 cm³/mol. The Morgan fingerprint density at radius 1 is 1.21 bits per heavy atom. The highest BCUT2D eigenvalue weighted by Crippen LogP contribution is 2.37. The lowest BCUT2D eigenvalue weighted by molar-refractivity contribution is 0.209. The number of benzene rings is 2. The summed E-state index contributed by atoms with van der Waals surface area (Å²) in [6.45, 7) is 4.67. The zero-order valence-corrected chi connectivity index (χ0v) is 14.2. The minimum absolute atomic E-state index is 0.317. The van der Waals surface area contributed by atoms with E-state index in [1.54, 1.807) is 24.3 Å². The number of nitrogens with one attached hydrogen (secondary N) is 1. The molecule has 0 heterocycles. The van der Waals surface area contributed by atoms with Gasteiger partial charge in [0, 0.05) is 12.3 Å². The van der Waals surface area contributed by atoms with Gasteiger partial charge in [-0.1, -0.05) is 35.9 Å². The number of fused-ring (bicyclic) bond motifs is 1. The maximum Gasteiger partial charge on any atom is 0.409 e. The van der Waals surface area contributed by atoms with Crippen molar-refractivity contribution in [2.75, 3.05) is 11.9 Å².